The molecule has 0 aromatic heterocycles. The molecule has 10 heteroatoms. The van der Waals surface area contributed by atoms with E-state index in [9.17, 15) is 21.6 Å². The summed E-state index contributed by atoms with van der Waals surface area (Å²) in [5.74, 6) is -0.633. The van der Waals surface area contributed by atoms with E-state index in [1.807, 2.05) is 13.0 Å². The topological polar surface area (TPSA) is 107 Å². The summed E-state index contributed by atoms with van der Waals surface area (Å²) >= 11 is 0. The van der Waals surface area contributed by atoms with E-state index in [1.165, 1.54) is 23.1 Å². The molecule has 0 aliphatic carbocycles. The van der Waals surface area contributed by atoms with Gasteiger partial charge in [0.25, 0.3) is 5.91 Å². The van der Waals surface area contributed by atoms with Crippen LogP contribution in [0.3, 0.4) is 0 Å². The van der Waals surface area contributed by atoms with Gasteiger partial charge in [0, 0.05) is 24.2 Å². The van der Waals surface area contributed by atoms with Crippen molar-refractivity contribution in [2.75, 3.05) is 37.8 Å². The van der Waals surface area contributed by atoms with Gasteiger partial charge in [0.15, 0.2) is 16.1 Å². The fraction of sp³-hybridized carbons (Fsp3) is 0.435. The molecule has 0 spiro atoms. The van der Waals surface area contributed by atoms with E-state index in [0.29, 0.717) is 25.2 Å². The molecule has 2 aromatic carbocycles. The number of amides is 1. The number of ether oxygens (including phenoxy) is 2. The van der Waals surface area contributed by atoms with Gasteiger partial charge in [-0.3, -0.25) is 4.79 Å². The van der Waals surface area contributed by atoms with Gasteiger partial charge in [0.2, 0.25) is 9.84 Å². The van der Waals surface area contributed by atoms with Gasteiger partial charge in [-0.15, -0.1) is 0 Å². The molecular weight excluding hydrogens is 466 g/mol. The largest absolute Gasteiger partial charge is 0.348 e. The molecule has 0 unspecified atom stereocenters. The van der Waals surface area contributed by atoms with Crippen molar-refractivity contribution in [1.82, 2.24) is 4.90 Å². The highest BCUT2D eigenvalue weighted by Gasteiger charge is 2.29. The normalized spacial score (nSPS) is 19.4. The Morgan fingerprint density at radius 3 is 2.39 bits per heavy atom. The minimum absolute atomic E-state index is 0.0287. The highest BCUT2D eigenvalue weighted by molar-refractivity contribution is 7.91. The lowest BCUT2D eigenvalue weighted by Crippen LogP contribution is -2.43. The second-order valence-corrected chi connectivity index (χ2v) is 12.4. The number of hydrogen-bond donors (Lipinski definition) is 0. The molecule has 0 N–H and O–H groups in total. The first-order chi connectivity index (χ1) is 15.7. The molecule has 2 fully saturated rings. The summed E-state index contributed by atoms with van der Waals surface area (Å²) in [6.45, 7) is 3.02. The number of benzene rings is 2. The molecule has 1 amide bonds. The van der Waals surface area contributed by atoms with Gasteiger partial charge in [0.1, 0.15) is 0 Å². The van der Waals surface area contributed by atoms with Crippen LogP contribution < -0.4 is 0 Å². The molecule has 8 nitrogen and oxygen atoms in total. The van der Waals surface area contributed by atoms with Crippen molar-refractivity contribution < 1.29 is 31.1 Å². The van der Waals surface area contributed by atoms with Crippen LogP contribution in [0.25, 0.3) is 0 Å². The van der Waals surface area contributed by atoms with Crippen molar-refractivity contribution in [3.05, 3.63) is 59.2 Å². The zero-order valence-corrected chi connectivity index (χ0v) is 20.0. The molecule has 178 valence electrons. The highest BCUT2D eigenvalue weighted by atomic mass is 32.2. The predicted molar refractivity (Wildman–Crippen MR) is 122 cm³/mol. The van der Waals surface area contributed by atoms with Gasteiger partial charge in [-0.05, 0) is 48.7 Å². The van der Waals surface area contributed by atoms with Crippen LogP contribution in [-0.4, -0.2) is 65.5 Å². The van der Waals surface area contributed by atoms with Crippen LogP contribution in [0.15, 0.2) is 52.3 Å². The van der Waals surface area contributed by atoms with Gasteiger partial charge in [-0.2, -0.15) is 0 Å². The fourth-order valence-corrected chi connectivity index (χ4v) is 6.49. The zero-order chi connectivity index (χ0) is 23.6. The number of rotatable bonds is 5. The smallest absolute Gasteiger partial charge is 0.253 e. The van der Waals surface area contributed by atoms with E-state index in [2.05, 4.69) is 0 Å². The second kappa shape index (κ2) is 9.54. The quantitative estimate of drug-likeness (QED) is 0.629. The molecule has 2 aliphatic heterocycles. The molecule has 2 aliphatic rings. The molecule has 2 heterocycles. The molecule has 0 bridgehead atoms. The Hall–Kier alpha value is -2.27. The van der Waals surface area contributed by atoms with Crippen LogP contribution in [0.1, 0.15) is 41.1 Å². The lowest BCUT2D eigenvalue weighted by Gasteiger charge is -2.28. The second-order valence-electron chi connectivity index (χ2n) is 8.17. The Labute approximate surface area is 194 Å². The molecule has 2 aromatic rings. The summed E-state index contributed by atoms with van der Waals surface area (Å²) in [7, 11) is -7.08. The van der Waals surface area contributed by atoms with Crippen LogP contribution in [0, 0.1) is 0 Å². The maximum absolute atomic E-state index is 13.5. The molecule has 0 saturated carbocycles. The van der Waals surface area contributed by atoms with Gasteiger partial charge in [-0.1, -0.05) is 19.1 Å². The monoisotopic (exact) mass is 493 g/mol. The van der Waals surface area contributed by atoms with E-state index in [0.717, 1.165) is 12.0 Å². The number of nitrogens with zero attached hydrogens (tertiary/aromatic N) is 1. The van der Waals surface area contributed by atoms with Crippen molar-refractivity contribution in [2.24, 2.45) is 0 Å². The minimum Gasteiger partial charge on any atom is -0.348 e. The van der Waals surface area contributed by atoms with Crippen molar-refractivity contribution >= 4 is 25.6 Å². The zero-order valence-electron chi connectivity index (χ0n) is 18.4. The number of sulfone groups is 2. The van der Waals surface area contributed by atoms with Gasteiger partial charge < -0.3 is 14.4 Å². The standard InChI is InChI=1S/C23H27NO7S2/c1-2-17-5-3-6-20(13-17)33(28,29)21-15-18(14-19(16-21)23-30-9-4-10-31-23)22(25)24-7-11-32(26,27)12-8-24/h3,5-6,13-16,23H,2,4,7-12H2,1H3. The number of carbonyl (C=O) groups excluding carboxylic acids is 1. The van der Waals surface area contributed by atoms with Gasteiger partial charge in [-0.25, -0.2) is 16.8 Å². The summed E-state index contributed by atoms with van der Waals surface area (Å²) < 4.78 is 61.8. The minimum atomic E-state index is -3.92. The van der Waals surface area contributed by atoms with Crippen LogP contribution in [0.2, 0.25) is 0 Å². The van der Waals surface area contributed by atoms with Gasteiger partial charge >= 0.3 is 0 Å². The Bertz CT molecular complexity index is 1240. The van der Waals surface area contributed by atoms with Crippen molar-refractivity contribution in [3.63, 3.8) is 0 Å². The average Bonchev–Trinajstić information content (AvgIpc) is 2.84. The van der Waals surface area contributed by atoms with Crippen molar-refractivity contribution in [2.45, 2.75) is 35.8 Å². The summed E-state index contributed by atoms with van der Waals surface area (Å²) in [6.07, 6.45) is 0.644. The Kier molecular flexibility index (Phi) is 6.90. The lowest BCUT2D eigenvalue weighted by molar-refractivity contribution is -0.183. The third-order valence-corrected chi connectivity index (χ3v) is 9.17. The molecule has 0 atom stereocenters. The molecule has 2 saturated heterocycles. The highest BCUT2D eigenvalue weighted by Crippen LogP contribution is 2.30. The summed E-state index contributed by atoms with van der Waals surface area (Å²) in [4.78, 5) is 14.8. The van der Waals surface area contributed by atoms with E-state index in [4.69, 9.17) is 9.47 Å². The molecule has 4 rings (SSSR count). The van der Waals surface area contributed by atoms with Crippen LogP contribution in [-0.2, 0) is 35.6 Å². The lowest BCUT2D eigenvalue weighted by atomic mass is 10.1. The maximum atomic E-state index is 13.5. The molecule has 0 radical (unpaired) electrons. The number of aryl methyl sites for hydroxylation is 1. The molecule has 33 heavy (non-hydrogen) atoms. The molecular formula is C23H27NO7S2. The first-order valence-electron chi connectivity index (χ1n) is 10.9. The number of hydrogen-bond acceptors (Lipinski definition) is 7. The Morgan fingerprint density at radius 1 is 1.03 bits per heavy atom. The third-order valence-electron chi connectivity index (χ3n) is 5.83. The SMILES string of the molecule is CCc1cccc(S(=O)(=O)c2cc(C(=O)N3CCS(=O)(=O)CC3)cc(C3OCCCO3)c2)c1. The fourth-order valence-electron chi connectivity index (χ4n) is 3.88. The summed E-state index contributed by atoms with van der Waals surface area (Å²) in [5.41, 5.74) is 1.49. The summed E-state index contributed by atoms with van der Waals surface area (Å²) in [6, 6.07) is 11.1. The van der Waals surface area contributed by atoms with Crippen LogP contribution >= 0.6 is 0 Å². The van der Waals surface area contributed by atoms with E-state index < -0.39 is 31.9 Å². The third kappa shape index (κ3) is 5.29. The maximum Gasteiger partial charge on any atom is 0.253 e. The van der Waals surface area contributed by atoms with E-state index in [-0.39, 0.29) is 39.9 Å². The number of carbonyl (C=O) groups is 1. The first-order valence-corrected chi connectivity index (χ1v) is 14.2. The van der Waals surface area contributed by atoms with Crippen LogP contribution in [0.5, 0.6) is 0 Å². The van der Waals surface area contributed by atoms with Gasteiger partial charge in [0.05, 0.1) is 34.5 Å². The van der Waals surface area contributed by atoms with E-state index in [1.54, 1.807) is 18.2 Å². The van der Waals surface area contributed by atoms with Crippen molar-refractivity contribution in [3.8, 4) is 0 Å². The van der Waals surface area contributed by atoms with E-state index >= 15 is 0 Å². The predicted octanol–water partition coefficient (Wildman–Crippen LogP) is 2.39. The Balaban J connectivity index is 1.75. The van der Waals surface area contributed by atoms with Crippen LogP contribution in [0.4, 0.5) is 0 Å². The first kappa shape index (κ1) is 23.9. The average molecular weight is 494 g/mol. The van der Waals surface area contributed by atoms with Crippen molar-refractivity contribution in [1.29, 1.82) is 0 Å². The summed E-state index contributed by atoms with van der Waals surface area (Å²) in [5, 5.41) is 0. The Morgan fingerprint density at radius 2 is 1.73 bits per heavy atom.